The van der Waals surface area contributed by atoms with Crippen molar-refractivity contribution in [3.05, 3.63) is 27.1 Å². The molecule has 0 aliphatic heterocycles. The molecule has 2 rings (SSSR count). The van der Waals surface area contributed by atoms with E-state index in [4.69, 9.17) is 0 Å². The summed E-state index contributed by atoms with van der Waals surface area (Å²) in [5.41, 5.74) is 2.25. The summed E-state index contributed by atoms with van der Waals surface area (Å²) in [5, 5.41) is 3.26. The molecule has 0 aliphatic rings. The quantitative estimate of drug-likeness (QED) is 0.568. The highest BCUT2D eigenvalue weighted by molar-refractivity contribution is 7.98. The zero-order valence-corrected chi connectivity index (χ0v) is 15.3. The number of hydrogen-bond donors (Lipinski definition) is 2. The Bertz CT molecular complexity index is 711. The van der Waals surface area contributed by atoms with Gasteiger partial charge in [-0.2, -0.15) is 20.5 Å². The normalized spacial score (nSPS) is 14.3. The molecule has 2 aromatic rings. The number of aromatic amines is 2. The number of H-pyrrole nitrogens is 2. The van der Waals surface area contributed by atoms with E-state index in [-0.39, 0.29) is 0 Å². The monoisotopic (exact) mass is 360 g/mol. The summed E-state index contributed by atoms with van der Waals surface area (Å²) in [4.78, 5) is 15.1. The molecular formula is C12H20N6OS3. The summed E-state index contributed by atoms with van der Waals surface area (Å²) in [6.07, 6.45) is 0. The van der Waals surface area contributed by atoms with Crippen molar-refractivity contribution >= 4 is 34.2 Å². The highest BCUT2D eigenvalue weighted by Crippen LogP contribution is 2.16. The highest BCUT2D eigenvalue weighted by Gasteiger charge is 2.03. The Hall–Kier alpha value is -0.940. The summed E-state index contributed by atoms with van der Waals surface area (Å²) in [6, 6.07) is 0. The van der Waals surface area contributed by atoms with Crippen molar-refractivity contribution < 1.29 is 4.55 Å². The third kappa shape index (κ3) is 5.36. The van der Waals surface area contributed by atoms with Crippen molar-refractivity contribution in [3.63, 3.8) is 0 Å². The summed E-state index contributed by atoms with van der Waals surface area (Å²) < 4.78 is 16.7. The van der Waals surface area contributed by atoms with Gasteiger partial charge in [0.1, 0.15) is 16.1 Å². The molecule has 2 N–H and O–H groups in total. The van der Waals surface area contributed by atoms with E-state index in [1.165, 1.54) is 0 Å². The van der Waals surface area contributed by atoms with Crippen LogP contribution in [-0.2, 0) is 12.3 Å². The van der Waals surface area contributed by atoms with Crippen molar-refractivity contribution in [3.8, 4) is 0 Å². The first-order valence-electron chi connectivity index (χ1n) is 6.71. The molecule has 1 unspecified atom stereocenters. The number of nitrogens with zero attached hydrogens (tertiary/aromatic N) is 4. The van der Waals surface area contributed by atoms with Crippen LogP contribution in [-0.4, -0.2) is 56.6 Å². The zero-order valence-electron chi connectivity index (χ0n) is 12.8. The van der Waals surface area contributed by atoms with Crippen molar-refractivity contribution in [2.24, 2.45) is 9.98 Å². The van der Waals surface area contributed by atoms with Gasteiger partial charge in [0, 0.05) is 30.5 Å². The summed E-state index contributed by atoms with van der Waals surface area (Å²) in [7, 11) is 5.73. The van der Waals surface area contributed by atoms with Crippen LogP contribution in [0.4, 0.5) is 0 Å². The van der Waals surface area contributed by atoms with Gasteiger partial charge in [-0.3, -0.25) is 9.98 Å². The molecule has 0 radical (unpaired) electrons. The minimum Gasteiger partial charge on any atom is -0.549 e. The van der Waals surface area contributed by atoms with E-state index in [0.717, 1.165) is 28.8 Å². The van der Waals surface area contributed by atoms with Crippen LogP contribution in [0, 0.1) is 0 Å². The van der Waals surface area contributed by atoms with Gasteiger partial charge in [-0.05, 0) is 14.1 Å². The second-order valence-electron chi connectivity index (χ2n) is 4.80. The second-order valence-corrected chi connectivity index (χ2v) is 7.79. The van der Waals surface area contributed by atoms with Gasteiger partial charge < -0.3 is 9.45 Å². The van der Waals surface area contributed by atoms with Crippen LogP contribution in [0.2, 0.25) is 0 Å². The van der Waals surface area contributed by atoms with Crippen molar-refractivity contribution in [1.29, 1.82) is 0 Å². The van der Waals surface area contributed by atoms with Crippen LogP contribution < -0.4 is 11.0 Å². The zero-order chi connectivity index (χ0) is 15.9. The average Bonchev–Trinajstić information content (AvgIpc) is 3.04. The Labute approximate surface area is 140 Å². The Morgan fingerprint density at radius 3 is 2.91 bits per heavy atom. The van der Waals surface area contributed by atoms with Gasteiger partial charge in [0.25, 0.3) is 0 Å². The van der Waals surface area contributed by atoms with Gasteiger partial charge in [-0.15, -0.1) is 11.3 Å². The van der Waals surface area contributed by atoms with E-state index in [2.05, 4.69) is 34.0 Å². The number of thiazole rings is 1. The van der Waals surface area contributed by atoms with Crippen LogP contribution in [0.5, 0.6) is 0 Å². The minimum atomic E-state index is -1.30. The molecule has 0 aromatic carbocycles. The Morgan fingerprint density at radius 1 is 1.41 bits per heavy atom. The average molecular weight is 361 g/mol. The fourth-order valence-corrected chi connectivity index (χ4v) is 4.20. The molecule has 2 aromatic heterocycles. The third-order valence-corrected chi connectivity index (χ3v) is 5.24. The maximum absolute atomic E-state index is 11.3. The number of nitrogens with one attached hydrogen (secondary N) is 2. The largest absolute Gasteiger partial charge is 0.549 e. The SMILES string of the molecule is CN=c1[nH][s+]([O-])[nH]c1=NCCSCc1csc(CN(C)C)n1. The predicted octanol–water partition coefficient (Wildman–Crippen LogP) is 0.953. The van der Waals surface area contributed by atoms with E-state index in [9.17, 15) is 4.55 Å². The number of thioether (sulfide) groups is 1. The maximum atomic E-state index is 11.3. The lowest BCUT2D eigenvalue weighted by Gasteiger charge is -2.04. The molecule has 22 heavy (non-hydrogen) atoms. The molecule has 0 bridgehead atoms. The lowest BCUT2D eigenvalue weighted by Crippen LogP contribution is -2.25. The first-order valence-corrected chi connectivity index (χ1v) is 9.89. The lowest BCUT2D eigenvalue weighted by atomic mass is 10.5. The standard InChI is InChI=1S/C12H20N6OS3/c1-13-11-12(17-22(19)16-11)14-4-5-20-7-9-8-21-10(15-9)6-18(2)3/h8H,4-7H2,1-3H3,(H,13,16)(H,14,17). The molecule has 0 saturated heterocycles. The smallest absolute Gasteiger partial charge is 0.219 e. The van der Waals surface area contributed by atoms with Crippen LogP contribution >= 0.6 is 34.2 Å². The molecule has 0 amide bonds. The van der Waals surface area contributed by atoms with E-state index in [1.807, 2.05) is 14.1 Å². The molecular weight excluding hydrogens is 340 g/mol. The van der Waals surface area contributed by atoms with Crippen LogP contribution in [0.3, 0.4) is 0 Å². The molecule has 0 spiro atoms. The lowest BCUT2D eigenvalue weighted by molar-refractivity contribution is 0.401. The topological polar surface area (TPSA) is 95.5 Å². The number of rotatable bonds is 7. The van der Waals surface area contributed by atoms with Gasteiger partial charge in [0.2, 0.25) is 11.0 Å². The second kappa shape index (κ2) is 8.63. The highest BCUT2D eigenvalue weighted by atomic mass is 32.2. The van der Waals surface area contributed by atoms with E-state index >= 15 is 0 Å². The fraction of sp³-hybridized carbons (Fsp3) is 0.583. The Morgan fingerprint density at radius 2 is 2.18 bits per heavy atom. The molecule has 2 heterocycles. The van der Waals surface area contributed by atoms with Gasteiger partial charge >= 0.3 is 0 Å². The molecule has 0 saturated carbocycles. The van der Waals surface area contributed by atoms with Gasteiger partial charge in [-0.1, -0.05) is 0 Å². The van der Waals surface area contributed by atoms with Crippen LogP contribution in [0.15, 0.2) is 15.4 Å². The Balaban J connectivity index is 1.79. The van der Waals surface area contributed by atoms with E-state index in [1.54, 1.807) is 30.1 Å². The molecule has 10 heteroatoms. The van der Waals surface area contributed by atoms with Gasteiger partial charge in [-0.25, -0.2) is 4.98 Å². The van der Waals surface area contributed by atoms with Crippen LogP contribution in [0.1, 0.15) is 10.7 Å². The van der Waals surface area contributed by atoms with Crippen LogP contribution in [0.25, 0.3) is 0 Å². The van der Waals surface area contributed by atoms with E-state index in [0.29, 0.717) is 17.5 Å². The molecule has 1 atom stereocenters. The maximum Gasteiger partial charge on any atom is 0.219 e. The van der Waals surface area contributed by atoms with Crippen molar-refractivity contribution in [1.82, 2.24) is 18.6 Å². The Kier molecular flexibility index (Phi) is 6.83. The molecule has 7 nitrogen and oxygen atoms in total. The van der Waals surface area contributed by atoms with Crippen molar-refractivity contribution in [2.75, 3.05) is 33.4 Å². The van der Waals surface area contributed by atoms with E-state index < -0.39 is 11.1 Å². The molecule has 122 valence electrons. The van der Waals surface area contributed by atoms with Gasteiger partial charge in [0.15, 0.2) is 0 Å². The third-order valence-electron chi connectivity index (χ3n) is 2.63. The number of hydrogen-bond acceptors (Lipinski definition) is 7. The van der Waals surface area contributed by atoms with Gasteiger partial charge in [0.05, 0.1) is 12.2 Å². The summed E-state index contributed by atoms with van der Waals surface area (Å²) in [6.45, 7) is 1.54. The first kappa shape index (κ1) is 17.4. The first-order chi connectivity index (χ1) is 10.6. The minimum absolute atomic E-state index is 0.552. The summed E-state index contributed by atoms with van der Waals surface area (Å²) in [5.74, 6) is 1.77. The summed E-state index contributed by atoms with van der Waals surface area (Å²) >= 11 is 2.19. The molecule has 0 fully saturated rings. The fourth-order valence-electron chi connectivity index (χ4n) is 1.71. The predicted molar refractivity (Wildman–Crippen MR) is 91.4 cm³/mol. The molecule has 0 aliphatic carbocycles. The number of aromatic nitrogens is 3. The van der Waals surface area contributed by atoms with Crippen molar-refractivity contribution in [2.45, 2.75) is 12.3 Å².